The van der Waals surface area contributed by atoms with Gasteiger partial charge >= 0.3 is 6.18 Å². The molecule has 10 heteroatoms. The Kier molecular flexibility index (Phi) is 6.64. The number of nitrogens with one attached hydrogen (secondary N) is 1. The average molecular weight is 507 g/mol. The largest absolute Gasteiger partial charge is 0.400 e. The van der Waals surface area contributed by atoms with Crippen LogP contribution in [0, 0.1) is 6.92 Å². The van der Waals surface area contributed by atoms with Crippen molar-refractivity contribution in [2.24, 2.45) is 4.99 Å². The first-order valence-corrected chi connectivity index (χ1v) is 11.1. The van der Waals surface area contributed by atoms with E-state index >= 15 is 0 Å². The molecule has 0 aliphatic carbocycles. The van der Waals surface area contributed by atoms with E-state index in [0.29, 0.717) is 28.2 Å². The van der Waals surface area contributed by atoms with Crippen LogP contribution in [0.4, 0.5) is 13.2 Å². The molecule has 2 aromatic carbocycles. The number of aryl methyl sites for hydroxylation is 1. The first kappa shape index (κ1) is 24.2. The summed E-state index contributed by atoms with van der Waals surface area (Å²) in [4.78, 5) is 24.9. The van der Waals surface area contributed by atoms with Gasteiger partial charge in [-0.1, -0.05) is 29.3 Å². The maximum Gasteiger partial charge on any atom is 0.400 e. The highest BCUT2D eigenvalue weighted by atomic mass is 35.5. The second kappa shape index (κ2) is 9.35. The van der Waals surface area contributed by atoms with Gasteiger partial charge in [0.2, 0.25) is 0 Å². The number of hydrogen-bond acceptors (Lipinski definition) is 4. The second-order valence-corrected chi connectivity index (χ2v) is 8.93. The van der Waals surface area contributed by atoms with E-state index in [0.717, 1.165) is 0 Å². The lowest BCUT2D eigenvalue weighted by molar-refractivity contribution is -0.183. The minimum atomic E-state index is -4.57. The normalized spacial score (nSPS) is 18.0. The van der Waals surface area contributed by atoms with Crippen LogP contribution in [0.1, 0.15) is 39.3 Å². The van der Waals surface area contributed by atoms with Crippen LogP contribution >= 0.6 is 23.2 Å². The summed E-state index contributed by atoms with van der Waals surface area (Å²) in [6.45, 7) is 1.41. The lowest BCUT2D eigenvalue weighted by Gasteiger charge is -2.31. The van der Waals surface area contributed by atoms with Gasteiger partial charge in [0.05, 0.1) is 13.1 Å². The van der Waals surface area contributed by atoms with E-state index < -0.39 is 18.1 Å². The molecule has 1 aliphatic heterocycles. The minimum Gasteiger partial charge on any atom is -0.345 e. The van der Waals surface area contributed by atoms with E-state index in [2.05, 4.69) is 20.3 Å². The highest BCUT2D eigenvalue weighted by molar-refractivity contribution is 6.34. The predicted molar refractivity (Wildman–Crippen MR) is 125 cm³/mol. The standard InChI is InChI=1S/C24H19Cl2F3N4O/c1-14-7-15(3-4-19(14)22(34)32-12-21-30-5-2-6-31-21)20-11-23(13-33-20,24(27,28)29)16-8-17(25)10-18(26)9-16/h2-10H,11-13H2,1H3,(H,32,34). The van der Waals surface area contributed by atoms with Gasteiger partial charge in [0, 0.05) is 40.1 Å². The topological polar surface area (TPSA) is 67.2 Å². The van der Waals surface area contributed by atoms with E-state index in [-0.39, 0.29) is 34.5 Å². The fraction of sp³-hybridized carbons (Fsp3) is 0.250. The van der Waals surface area contributed by atoms with Gasteiger partial charge in [-0.25, -0.2) is 9.97 Å². The Morgan fingerprint density at radius 2 is 1.76 bits per heavy atom. The van der Waals surface area contributed by atoms with Crippen molar-refractivity contribution in [3.63, 3.8) is 0 Å². The maximum absolute atomic E-state index is 14.3. The van der Waals surface area contributed by atoms with Gasteiger partial charge < -0.3 is 5.32 Å². The molecule has 1 aliphatic rings. The molecule has 2 heterocycles. The Morgan fingerprint density at radius 3 is 2.38 bits per heavy atom. The minimum absolute atomic E-state index is 0.0212. The monoisotopic (exact) mass is 506 g/mol. The molecule has 1 N–H and O–H groups in total. The van der Waals surface area contributed by atoms with Gasteiger partial charge in [-0.05, 0) is 60.0 Å². The molecule has 0 bridgehead atoms. The molecule has 0 saturated carbocycles. The molecule has 1 aromatic heterocycles. The smallest absolute Gasteiger partial charge is 0.345 e. The van der Waals surface area contributed by atoms with E-state index in [9.17, 15) is 18.0 Å². The molecule has 0 spiro atoms. The molecule has 0 radical (unpaired) electrons. The van der Waals surface area contributed by atoms with Crippen molar-refractivity contribution in [3.05, 3.63) is 93.0 Å². The third-order valence-corrected chi connectivity index (χ3v) is 6.23. The van der Waals surface area contributed by atoms with Crippen molar-refractivity contribution in [1.82, 2.24) is 15.3 Å². The van der Waals surface area contributed by atoms with Crippen LogP contribution in [-0.2, 0) is 12.0 Å². The molecule has 1 unspecified atom stereocenters. The average Bonchev–Trinajstić information content (AvgIpc) is 3.25. The zero-order chi connectivity index (χ0) is 24.5. The summed E-state index contributed by atoms with van der Waals surface area (Å²) >= 11 is 12.0. The van der Waals surface area contributed by atoms with Crippen LogP contribution in [-0.4, -0.2) is 34.3 Å². The van der Waals surface area contributed by atoms with Gasteiger partial charge in [0.25, 0.3) is 5.91 Å². The van der Waals surface area contributed by atoms with Gasteiger partial charge in [0.15, 0.2) is 0 Å². The highest BCUT2D eigenvalue weighted by Gasteiger charge is 2.58. The van der Waals surface area contributed by atoms with Crippen molar-refractivity contribution in [3.8, 4) is 0 Å². The lowest BCUT2D eigenvalue weighted by atomic mass is 9.76. The Bertz CT molecular complexity index is 1240. The van der Waals surface area contributed by atoms with Gasteiger partial charge in [-0.15, -0.1) is 0 Å². The number of carbonyl (C=O) groups is 1. The third-order valence-electron chi connectivity index (χ3n) is 5.80. The number of alkyl halides is 3. The predicted octanol–water partition coefficient (Wildman–Crippen LogP) is 5.71. The van der Waals surface area contributed by atoms with Crippen LogP contribution in [0.2, 0.25) is 10.0 Å². The molecule has 5 nitrogen and oxygen atoms in total. The first-order chi connectivity index (χ1) is 16.1. The first-order valence-electron chi connectivity index (χ1n) is 10.3. The summed E-state index contributed by atoms with van der Waals surface area (Å²) in [5.41, 5.74) is -0.395. The van der Waals surface area contributed by atoms with Crippen molar-refractivity contribution in [2.75, 3.05) is 6.54 Å². The summed E-state index contributed by atoms with van der Waals surface area (Å²) in [6, 6.07) is 10.5. The fourth-order valence-corrected chi connectivity index (χ4v) is 4.50. The molecule has 0 fully saturated rings. The molecule has 34 heavy (non-hydrogen) atoms. The summed E-state index contributed by atoms with van der Waals surface area (Å²) in [5.74, 6) is 0.137. The number of halogens is 5. The molecule has 3 aromatic rings. The summed E-state index contributed by atoms with van der Waals surface area (Å²) in [5, 5.41) is 3.00. The summed E-state index contributed by atoms with van der Waals surface area (Å²) in [7, 11) is 0. The van der Waals surface area contributed by atoms with Crippen molar-refractivity contribution in [1.29, 1.82) is 0 Å². The van der Waals surface area contributed by atoms with Crippen molar-refractivity contribution in [2.45, 2.75) is 31.5 Å². The van der Waals surface area contributed by atoms with E-state index in [1.807, 2.05) is 0 Å². The number of benzene rings is 2. The van der Waals surface area contributed by atoms with E-state index in [4.69, 9.17) is 23.2 Å². The molecular weight excluding hydrogens is 488 g/mol. The Labute approximate surface area is 204 Å². The van der Waals surface area contributed by atoms with E-state index in [1.165, 1.54) is 18.2 Å². The number of aliphatic imine (C=N–C) groups is 1. The zero-order valence-corrected chi connectivity index (χ0v) is 19.5. The highest BCUT2D eigenvalue weighted by Crippen LogP contribution is 2.48. The van der Waals surface area contributed by atoms with Crippen LogP contribution in [0.5, 0.6) is 0 Å². The third kappa shape index (κ3) is 4.79. The number of amides is 1. The van der Waals surface area contributed by atoms with Crippen LogP contribution in [0.3, 0.4) is 0 Å². The number of hydrogen-bond donors (Lipinski definition) is 1. The number of nitrogens with zero attached hydrogens (tertiary/aromatic N) is 3. The molecule has 176 valence electrons. The lowest BCUT2D eigenvalue weighted by Crippen LogP contribution is -2.43. The maximum atomic E-state index is 14.3. The van der Waals surface area contributed by atoms with Crippen molar-refractivity contribution >= 4 is 34.8 Å². The van der Waals surface area contributed by atoms with Crippen molar-refractivity contribution < 1.29 is 18.0 Å². The van der Waals surface area contributed by atoms with Crippen LogP contribution in [0.25, 0.3) is 0 Å². The van der Waals surface area contributed by atoms with Gasteiger partial charge in [0.1, 0.15) is 11.2 Å². The zero-order valence-electron chi connectivity index (χ0n) is 18.0. The SMILES string of the molecule is Cc1cc(C2=NCC(c3cc(Cl)cc(Cl)c3)(C(F)(F)F)C2)ccc1C(=O)NCc1ncccn1. The quantitative estimate of drug-likeness (QED) is 0.481. The number of aromatic nitrogens is 2. The second-order valence-electron chi connectivity index (χ2n) is 8.06. The summed E-state index contributed by atoms with van der Waals surface area (Å²) in [6.07, 6.45) is -1.77. The molecule has 1 amide bonds. The van der Waals surface area contributed by atoms with E-state index in [1.54, 1.807) is 43.6 Å². The van der Waals surface area contributed by atoms with Crippen LogP contribution in [0.15, 0.2) is 59.9 Å². The van der Waals surface area contributed by atoms with Crippen LogP contribution < -0.4 is 5.32 Å². The van der Waals surface area contributed by atoms with Gasteiger partial charge in [-0.3, -0.25) is 9.79 Å². The molecule has 1 atom stereocenters. The Hall–Kier alpha value is -2.97. The molecular formula is C24H19Cl2F3N4O. The Morgan fingerprint density at radius 1 is 1.09 bits per heavy atom. The molecule has 0 saturated heterocycles. The summed E-state index contributed by atoms with van der Waals surface area (Å²) < 4.78 is 42.9. The number of carbonyl (C=O) groups excluding carboxylic acids is 1. The number of rotatable bonds is 5. The molecule has 4 rings (SSSR count). The Balaban J connectivity index is 1.56. The fourth-order valence-electron chi connectivity index (χ4n) is 3.97. The van der Waals surface area contributed by atoms with Gasteiger partial charge in [-0.2, -0.15) is 13.2 Å².